The summed E-state index contributed by atoms with van der Waals surface area (Å²) in [5, 5.41) is 0. The average molecular weight is 398 g/mol. The van der Waals surface area contributed by atoms with Gasteiger partial charge in [-0.25, -0.2) is 0 Å². The highest BCUT2D eigenvalue weighted by atomic mass is 16.5. The molecule has 2 aliphatic carbocycles. The molecule has 2 aliphatic rings. The summed E-state index contributed by atoms with van der Waals surface area (Å²) in [7, 11) is 0. The molecule has 0 saturated carbocycles. The molecule has 156 valence electrons. The molecule has 0 aliphatic heterocycles. The van der Waals surface area contributed by atoms with Gasteiger partial charge < -0.3 is 9.47 Å². The van der Waals surface area contributed by atoms with Gasteiger partial charge >= 0.3 is 11.9 Å². The van der Waals surface area contributed by atoms with Crippen molar-refractivity contribution in [1.29, 1.82) is 0 Å². The van der Waals surface area contributed by atoms with Crippen LogP contribution < -0.4 is 4.74 Å². The first-order chi connectivity index (χ1) is 13.4. The summed E-state index contributed by atoms with van der Waals surface area (Å²) < 4.78 is 10.9. The smallest absolute Gasteiger partial charge is 0.308 e. The first-order valence-electron chi connectivity index (χ1n) is 10.2. The standard InChI is InChI=1S/C24H30O5/c1-13(2)22-16-8-11-19-23(5,6)21(29-15(4)26)12-20(27)24(19,7)17(16)9-10-18(22)28-14(3)25/h9-10,12-13,19H,8,11H2,1-7H3/t19-,24+/m0/s1. The molecular weight excluding hydrogens is 368 g/mol. The fraction of sp³-hybridized carbons (Fsp3) is 0.542. The van der Waals surface area contributed by atoms with Crippen LogP contribution in [0.25, 0.3) is 0 Å². The minimum absolute atomic E-state index is 0.00561. The molecule has 0 N–H and O–H groups in total. The van der Waals surface area contributed by atoms with Crippen molar-refractivity contribution in [2.24, 2.45) is 11.3 Å². The largest absolute Gasteiger partial charge is 0.431 e. The number of allylic oxidation sites excluding steroid dienone is 2. The topological polar surface area (TPSA) is 69.7 Å². The predicted molar refractivity (Wildman–Crippen MR) is 110 cm³/mol. The highest BCUT2D eigenvalue weighted by molar-refractivity contribution is 6.01. The second kappa shape index (κ2) is 7.12. The Morgan fingerprint density at radius 1 is 1.07 bits per heavy atom. The predicted octanol–water partition coefficient (Wildman–Crippen LogP) is 4.61. The van der Waals surface area contributed by atoms with Crippen LogP contribution in [0.1, 0.15) is 77.5 Å². The van der Waals surface area contributed by atoms with Gasteiger partial charge in [0.1, 0.15) is 11.5 Å². The summed E-state index contributed by atoms with van der Waals surface area (Å²) in [6, 6.07) is 3.75. The number of esters is 2. The Labute approximate surface area is 172 Å². The molecule has 0 unspecified atom stereocenters. The molecule has 1 aromatic rings. The van der Waals surface area contributed by atoms with Gasteiger partial charge in [-0.3, -0.25) is 14.4 Å². The Hall–Kier alpha value is -2.43. The van der Waals surface area contributed by atoms with Crippen molar-refractivity contribution in [3.8, 4) is 5.75 Å². The SMILES string of the molecule is CC(=O)OC1=CC(=O)[C@]2(C)c3ccc(OC(C)=O)c(C(C)C)c3CC[C@H]2C1(C)C. The van der Waals surface area contributed by atoms with Crippen molar-refractivity contribution >= 4 is 17.7 Å². The van der Waals surface area contributed by atoms with E-state index in [1.54, 1.807) is 0 Å². The maximum atomic E-state index is 13.4. The molecule has 5 nitrogen and oxygen atoms in total. The van der Waals surface area contributed by atoms with Crippen molar-refractivity contribution in [2.45, 2.75) is 72.6 Å². The van der Waals surface area contributed by atoms with E-state index in [1.807, 2.05) is 32.9 Å². The zero-order valence-electron chi connectivity index (χ0n) is 18.3. The first kappa shape index (κ1) is 21.3. The number of hydrogen-bond acceptors (Lipinski definition) is 5. The van der Waals surface area contributed by atoms with Crippen molar-refractivity contribution in [1.82, 2.24) is 0 Å². The highest BCUT2D eigenvalue weighted by Crippen LogP contribution is 2.57. The third-order valence-corrected chi connectivity index (χ3v) is 6.62. The van der Waals surface area contributed by atoms with Gasteiger partial charge in [0.05, 0.1) is 5.41 Å². The summed E-state index contributed by atoms with van der Waals surface area (Å²) in [6.07, 6.45) is 3.06. The number of benzene rings is 1. The molecule has 0 radical (unpaired) electrons. The molecule has 29 heavy (non-hydrogen) atoms. The lowest BCUT2D eigenvalue weighted by atomic mass is 9.51. The van der Waals surface area contributed by atoms with E-state index in [2.05, 4.69) is 13.8 Å². The summed E-state index contributed by atoms with van der Waals surface area (Å²) in [5.41, 5.74) is 1.91. The minimum Gasteiger partial charge on any atom is -0.431 e. The number of fused-ring (bicyclic) bond motifs is 3. The maximum absolute atomic E-state index is 13.4. The van der Waals surface area contributed by atoms with Crippen molar-refractivity contribution in [3.05, 3.63) is 40.7 Å². The van der Waals surface area contributed by atoms with E-state index in [4.69, 9.17) is 9.47 Å². The normalized spacial score (nSPS) is 25.0. The van der Waals surface area contributed by atoms with Gasteiger partial charge in [0.25, 0.3) is 0 Å². The van der Waals surface area contributed by atoms with E-state index in [9.17, 15) is 14.4 Å². The van der Waals surface area contributed by atoms with E-state index >= 15 is 0 Å². The van der Waals surface area contributed by atoms with Crippen LogP contribution in [0.15, 0.2) is 24.0 Å². The monoisotopic (exact) mass is 398 g/mol. The number of ether oxygens (including phenoxy) is 2. The van der Waals surface area contributed by atoms with Crippen LogP contribution in [0, 0.1) is 11.3 Å². The third kappa shape index (κ3) is 3.30. The Morgan fingerprint density at radius 2 is 1.69 bits per heavy atom. The molecular formula is C24H30O5. The number of carbonyl (C=O) groups is 3. The molecule has 0 saturated heterocycles. The van der Waals surface area contributed by atoms with E-state index in [0.717, 1.165) is 29.5 Å². The van der Waals surface area contributed by atoms with Gasteiger partial charge in [0.15, 0.2) is 5.78 Å². The lowest BCUT2D eigenvalue weighted by Gasteiger charge is -2.52. The Morgan fingerprint density at radius 3 is 2.24 bits per heavy atom. The lowest BCUT2D eigenvalue weighted by molar-refractivity contribution is -0.141. The van der Waals surface area contributed by atoms with Gasteiger partial charge in [-0.15, -0.1) is 0 Å². The zero-order valence-corrected chi connectivity index (χ0v) is 18.3. The number of hydrogen-bond donors (Lipinski definition) is 0. The fourth-order valence-corrected chi connectivity index (χ4v) is 5.37. The molecule has 0 aromatic heterocycles. The van der Waals surface area contributed by atoms with Gasteiger partial charge in [0.2, 0.25) is 0 Å². The molecule has 0 heterocycles. The fourth-order valence-electron chi connectivity index (χ4n) is 5.37. The second-order valence-electron chi connectivity index (χ2n) is 9.23. The summed E-state index contributed by atoms with van der Waals surface area (Å²) in [5.74, 6) is 0.357. The van der Waals surface area contributed by atoms with Crippen molar-refractivity contribution in [3.63, 3.8) is 0 Å². The quantitative estimate of drug-likeness (QED) is 0.549. The van der Waals surface area contributed by atoms with Crippen LogP contribution in [-0.4, -0.2) is 17.7 Å². The summed E-state index contributed by atoms with van der Waals surface area (Å²) in [4.78, 5) is 36.5. The molecule has 5 heteroatoms. The summed E-state index contributed by atoms with van der Waals surface area (Å²) in [6.45, 7) is 13.0. The first-order valence-corrected chi connectivity index (χ1v) is 10.2. The third-order valence-electron chi connectivity index (χ3n) is 6.62. The molecule has 0 amide bonds. The number of carbonyl (C=O) groups excluding carboxylic acids is 3. The molecule has 0 fully saturated rings. The lowest BCUT2D eigenvalue weighted by Crippen LogP contribution is -2.53. The second-order valence-corrected chi connectivity index (χ2v) is 9.23. The van der Waals surface area contributed by atoms with E-state index < -0.39 is 16.8 Å². The van der Waals surface area contributed by atoms with Crippen LogP contribution in [0.5, 0.6) is 5.75 Å². The van der Waals surface area contributed by atoms with Gasteiger partial charge in [-0.1, -0.05) is 33.8 Å². The zero-order chi connectivity index (χ0) is 21.7. The molecule has 2 atom stereocenters. The maximum Gasteiger partial charge on any atom is 0.308 e. The Balaban J connectivity index is 2.21. The minimum atomic E-state index is -0.723. The van der Waals surface area contributed by atoms with Crippen LogP contribution in [0.3, 0.4) is 0 Å². The van der Waals surface area contributed by atoms with Crippen LogP contribution in [0.2, 0.25) is 0 Å². The van der Waals surface area contributed by atoms with E-state index in [-0.39, 0.29) is 23.6 Å². The summed E-state index contributed by atoms with van der Waals surface area (Å²) >= 11 is 0. The van der Waals surface area contributed by atoms with Crippen LogP contribution in [-0.2, 0) is 31.0 Å². The molecule has 0 bridgehead atoms. The average Bonchev–Trinajstić information content (AvgIpc) is 2.58. The Kier molecular flexibility index (Phi) is 5.22. The van der Waals surface area contributed by atoms with Gasteiger partial charge in [-0.05, 0) is 48.8 Å². The highest BCUT2D eigenvalue weighted by Gasteiger charge is 2.56. The molecule has 0 spiro atoms. The number of rotatable bonds is 3. The molecule has 1 aromatic carbocycles. The van der Waals surface area contributed by atoms with Crippen LogP contribution >= 0.6 is 0 Å². The van der Waals surface area contributed by atoms with Gasteiger partial charge in [0, 0.05) is 30.9 Å². The van der Waals surface area contributed by atoms with Crippen molar-refractivity contribution < 1.29 is 23.9 Å². The van der Waals surface area contributed by atoms with Crippen molar-refractivity contribution in [2.75, 3.05) is 0 Å². The Bertz CT molecular complexity index is 921. The van der Waals surface area contributed by atoms with Gasteiger partial charge in [-0.2, -0.15) is 0 Å². The van der Waals surface area contributed by atoms with Crippen LogP contribution in [0.4, 0.5) is 0 Å². The van der Waals surface area contributed by atoms with E-state index in [1.165, 1.54) is 19.9 Å². The van der Waals surface area contributed by atoms with E-state index in [0.29, 0.717) is 11.5 Å². The molecule has 3 rings (SSSR count). The number of ketones is 1.